The first-order valence-electron chi connectivity index (χ1n) is 6.14. The number of nitrogens with zero attached hydrogens (tertiary/aromatic N) is 1. The van der Waals surface area contributed by atoms with Crippen LogP contribution in [0.4, 0.5) is 5.69 Å². The Bertz CT molecular complexity index is 659. The fourth-order valence-corrected chi connectivity index (χ4v) is 1.91. The Hall–Kier alpha value is -2.56. The van der Waals surface area contributed by atoms with E-state index in [-0.39, 0.29) is 0 Å². The van der Waals surface area contributed by atoms with E-state index in [9.17, 15) is 9.59 Å². The summed E-state index contributed by atoms with van der Waals surface area (Å²) in [5.41, 5.74) is 1.79. The number of carbonyl (C=O) groups excluding carboxylic acids is 2. The molecule has 1 heterocycles. The second-order valence-corrected chi connectivity index (χ2v) is 4.49. The smallest absolute Gasteiger partial charge is 0.298 e. The van der Waals surface area contributed by atoms with Gasteiger partial charge in [-0.25, -0.2) is 0 Å². The van der Waals surface area contributed by atoms with Crippen LogP contribution in [0, 0.1) is 6.92 Å². The van der Waals surface area contributed by atoms with Gasteiger partial charge in [0.25, 0.3) is 11.7 Å². The lowest BCUT2D eigenvalue weighted by Crippen LogP contribution is -2.24. The summed E-state index contributed by atoms with van der Waals surface area (Å²) in [7, 11) is 3.23. The molecule has 2 aromatic rings. The Morgan fingerprint density at radius 3 is 2.60 bits per heavy atom. The van der Waals surface area contributed by atoms with E-state index in [0.717, 1.165) is 5.56 Å². The number of amides is 1. The van der Waals surface area contributed by atoms with Crippen molar-refractivity contribution in [1.29, 1.82) is 0 Å². The molecule has 0 bridgehead atoms. The molecule has 5 nitrogen and oxygen atoms in total. The number of anilines is 1. The lowest BCUT2D eigenvalue weighted by Gasteiger charge is -2.10. The predicted octanol–water partition coefficient (Wildman–Crippen LogP) is 2.16. The maximum Gasteiger partial charge on any atom is 0.298 e. The van der Waals surface area contributed by atoms with Crippen LogP contribution in [0.5, 0.6) is 5.75 Å². The second kappa shape index (κ2) is 5.61. The number of nitrogens with one attached hydrogen (secondary N) is 1. The Balaban J connectivity index is 2.22. The third-order valence-corrected chi connectivity index (χ3v) is 2.99. The second-order valence-electron chi connectivity index (χ2n) is 4.49. The summed E-state index contributed by atoms with van der Waals surface area (Å²) in [5.74, 6) is -0.750. The lowest BCUT2D eigenvalue weighted by molar-refractivity contribution is -0.112. The molecule has 0 saturated carbocycles. The average molecular weight is 272 g/mol. The standard InChI is InChI=1S/C15H16N2O3/c1-10-6-7-13(20-3)11(9-10)16-15(19)14(18)12-5-4-8-17(12)2/h4-9H,1-3H3,(H,16,19). The number of hydrogen-bond acceptors (Lipinski definition) is 3. The van der Waals surface area contributed by atoms with E-state index in [1.807, 2.05) is 13.0 Å². The van der Waals surface area contributed by atoms with Crippen LogP contribution in [0.25, 0.3) is 0 Å². The quantitative estimate of drug-likeness (QED) is 0.685. The molecule has 1 aromatic heterocycles. The molecule has 0 atom stereocenters. The van der Waals surface area contributed by atoms with Crippen molar-refractivity contribution in [3.63, 3.8) is 0 Å². The number of rotatable bonds is 4. The van der Waals surface area contributed by atoms with Crippen molar-refractivity contribution in [2.45, 2.75) is 6.92 Å². The van der Waals surface area contributed by atoms with Crippen molar-refractivity contribution in [3.8, 4) is 5.75 Å². The minimum absolute atomic E-state index is 0.342. The SMILES string of the molecule is COc1ccc(C)cc1NC(=O)C(=O)c1cccn1C. The Kier molecular flexibility index (Phi) is 3.89. The van der Waals surface area contributed by atoms with Gasteiger partial charge in [-0.2, -0.15) is 0 Å². The van der Waals surface area contributed by atoms with Gasteiger partial charge in [0.2, 0.25) is 0 Å². The summed E-state index contributed by atoms with van der Waals surface area (Å²) in [6.45, 7) is 1.90. The number of carbonyl (C=O) groups is 2. The molecule has 0 radical (unpaired) electrons. The fourth-order valence-electron chi connectivity index (χ4n) is 1.91. The van der Waals surface area contributed by atoms with Gasteiger partial charge in [0.05, 0.1) is 18.5 Å². The molecule has 5 heteroatoms. The van der Waals surface area contributed by atoms with Crippen molar-refractivity contribution >= 4 is 17.4 Å². The number of ketones is 1. The van der Waals surface area contributed by atoms with Crippen LogP contribution in [0.1, 0.15) is 16.1 Å². The predicted molar refractivity (Wildman–Crippen MR) is 76.1 cm³/mol. The van der Waals surface area contributed by atoms with Gasteiger partial charge in [0, 0.05) is 13.2 Å². The minimum Gasteiger partial charge on any atom is -0.495 e. The Morgan fingerprint density at radius 1 is 1.25 bits per heavy atom. The van der Waals surface area contributed by atoms with Crippen molar-refractivity contribution in [1.82, 2.24) is 4.57 Å². The highest BCUT2D eigenvalue weighted by molar-refractivity contribution is 6.46. The largest absolute Gasteiger partial charge is 0.495 e. The summed E-state index contributed by atoms with van der Waals surface area (Å²) in [5, 5.41) is 2.59. The molecule has 1 aromatic carbocycles. The zero-order chi connectivity index (χ0) is 14.7. The zero-order valence-corrected chi connectivity index (χ0v) is 11.6. The molecule has 0 aliphatic rings. The number of aromatic nitrogens is 1. The van der Waals surface area contributed by atoms with Gasteiger partial charge < -0.3 is 14.6 Å². The van der Waals surface area contributed by atoms with E-state index >= 15 is 0 Å². The summed E-state index contributed by atoms with van der Waals surface area (Å²) in [4.78, 5) is 24.1. The fraction of sp³-hybridized carbons (Fsp3) is 0.200. The number of methoxy groups -OCH3 is 1. The van der Waals surface area contributed by atoms with Gasteiger partial charge >= 0.3 is 0 Å². The summed E-state index contributed by atoms with van der Waals surface area (Å²) in [6, 6.07) is 8.70. The molecule has 0 saturated heterocycles. The molecule has 2 rings (SSSR count). The first kappa shape index (κ1) is 13.9. The van der Waals surface area contributed by atoms with Gasteiger partial charge in [0.15, 0.2) is 0 Å². The van der Waals surface area contributed by atoms with E-state index in [2.05, 4.69) is 5.32 Å². The zero-order valence-electron chi connectivity index (χ0n) is 11.6. The molecule has 1 amide bonds. The Morgan fingerprint density at radius 2 is 2.00 bits per heavy atom. The number of benzene rings is 1. The summed E-state index contributed by atoms with van der Waals surface area (Å²) >= 11 is 0. The lowest BCUT2D eigenvalue weighted by atomic mass is 10.2. The van der Waals surface area contributed by atoms with Crippen LogP contribution in [0.3, 0.4) is 0 Å². The molecule has 1 N–H and O–H groups in total. The van der Waals surface area contributed by atoms with E-state index < -0.39 is 11.7 Å². The van der Waals surface area contributed by atoms with Gasteiger partial charge in [-0.15, -0.1) is 0 Å². The van der Waals surface area contributed by atoms with Crippen molar-refractivity contribution in [2.24, 2.45) is 7.05 Å². The van der Waals surface area contributed by atoms with E-state index in [0.29, 0.717) is 17.1 Å². The third-order valence-electron chi connectivity index (χ3n) is 2.99. The minimum atomic E-state index is -0.685. The highest BCUT2D eigenvalue weighted by Crippen LogP contribution is 2.25. The van der Waals surface area contributed by atoms with Crippen LogP contribution >= 0.6 is 0 Å². The molecular formula is C15H16N2O3. The number of hydrogen-bond donors (Lipinski definition) is 1. The topological polar surface area (TPSA) is 60.3 Å². The monoisotopic (exact) mass is 272 g/mol. The maximum absolute atomic E-state index is 12.0. The third kappa shape index (κ3) is 2.71. The van der Waals surface area contributed by atoms with E-state index in [1.54, 1.807) is 42.1 Å². The average Bonchev–Trinajstić information content (AvgIpc) is 2.84. The molecule has 0 spiro atoms. The van der Waals surface area contributed by atoms with Crippen LogP contribution in [0.15, 0.2) is 36.5 Å². The molecular weight excluding hydrogens is 256 g/mol. The molecule has 0 fully saturated rings. The van der Waals surface area contributed by atoms with E-state index in [1.165, 1.54) is 7.11 Å². The molecule has 0 unspecified atom stereocenters. The van der Waals surface area contributed by atoms with Crippen LogP contribution in [0.2, 0.25) is 0 Å². The van der Waals surface area contributed by atoms with E-state index in [4.69, 9.17) is 4.74 Å². The number of Topliss-reactive ketones (excluding diaryl/α,β-unsaturated/α-hetero) is 1. The first-order valence-corrected chi connectivity index (χ1v) is 6.14. The van der Waals surface area contributed by atoms with Gasteiger partial charge in [-0.05, 0) is 36.8 Å². The van der Waals surface area contributed by atoms with Gasteiger partial charge in [0.1, 0.15) is 5.75 Å². The van der Waals surface area contributed by atoms with Crippen LogP contribution < -0.4 is 10.1 Å². The molecule has 0 aliphatic carbocycles. The maximum atomic E-state index is 12.0. The molecule has 104 valence electrons. The first-order chi connectivity index (χ1) is 9.52. The van der Waals surface area contributed by atoms with Crippen molar-refractivity contribution < 1.29 is 14.3 Å². The number of aryl methyl sites for hydroxylation is 2. The van der Waals surface area contributed by atoms with Gasteiger partial charge in [-0.3, -0.25) is 9.59 Å². The molecule has 0 aliphatic heterocycles. The molecule has 20 heavy (non-hydrogen) atoms. The van der Waals surface area contributed by atoms with Crippen molar-refractivity contribution in [3.05, 3.63) is 47.8 Å². The highest BCUT2D eigenvalue weighted by Gasteiger charge is 2.19. The Labute approximate surface area is 117 Å². The highest BCUT2D eigenvalue weighted by atomic mass is 16.5. The normalized spacial score (nSPS) is 10.2. The van der Waals surface area contributed by atoms with Crippen LogP contribution in [-0.2, 0) is 11.8 Å². The summed E-state index contributed by atoms with van der Waals surface area (Å²) in [6.07, 6.45) is 1.72. The number of ether oxygens (including phenoxy) is 1. The summed E-state index contributed by atoms with van der Waals surface area (Å²) < 4.78 is 6.77. The van der Waals surface area contributed by atoms with Crippen LogP contribution in [-0.4, -0.2) is 23.4 Å². The van der Waals surface area contributed by atoms with Gasteiger partial charge in [-0.1, -0.05) is 6.07 Å². The van der Waals surface area contributed by atoms with Crippen molar-refractivity contribution in [2.75, 3.05) is 12.4 Å².